The van der Waals surface area contributed by atoms with Gasteiger partial charge in [0.2, 0.25) is 5.88 Å². The maximum Gasteiger partial charge on any atom is 0.262 e. The normalized spacial score (nSPS) is 12.2. The van der Waals surface area contributed by atoms with Crippen LogP contribution in [0.2, 0.25) is 0 Å². The lowest BCUT2D eigenvalue weighted by Gasteiger charge is -2.19. The van der Waals surface area contributed by atoms with Crippen molar-refractivity contribution in [3.63, 3.8) is 0 Å². The van der Waals surface area contributed by atoms with Gasteiger partial charge in [0.25, 0.3) is 10.0 Å². The summed E-state index contributed by atoms with van der Waals surface area (Å²) < 4.78 is 34.6. The van der Waals surface area contributed by atoms with Crippen LogP contribution >= 0.6 is 15.9 Å². The Morgan fingerprint density at radius 2 is 1.86 bits per heavy atom. The van der Waals surface area contributed by atoms with E-state index < -0.39 is 10.0 Å². The Bertz CT molecular complexity index is 898. The highest BCUT2D eigenvalue weighted by molar-refractivity contribution is 9.10. The van der Waals surface area contributed by atoms with Gasteiger partial charge in [-0.25, -0.2) is 13.4 Å². The van der Waals surface area contributed by atoms with Crippen molar-refractivity contribution in [3.05, 3.63) is 46.6 Å². The molecule has 1 heterocycles. The van der Waals surface area contributed by atoms with Crippen LogP contribution in [0.4, 0.5) is 5.69 Å². The summed E-state index contributed by atoms with van der Waals surface area (Å²) in [4.78, 5) is 6.46. The lowest BCUT2D eigenvalue weighted by Crippen LogP contribution is -2.17. The van der Waals surface area contributed by atoms with Crippen molar-refractivity contribution in [2.24, 2.45) is 0 Å². The van der Waals surface area contributed by atoms with Crippen LogP contribution in [0.1, 0.15) is 34.2 Å². The Labute approximate surface area is 178 Å². The molecule has 6 nitrogen and oxygen atoms in total. The van der Waals surface area contributed by atoms with Gasteiger partial charge in [-0.15, -0.1) is 0 Å². The summed E-state index contributed by atoms with van der Waals surface area (Å²) in [5.74, 6) is 0.261. The Morgan fingerprint density at radius 3 is 2.43 bits per heavy atom. The first-order valence-corrected chi connectivity index (χ1v) is 11.3. The Balaban J connectivity index is 0.00000420. The average Bonchev–Trinajstić information content (AvgIpc) is 2.59. The van der Waals surface area contributed by atoms with Crippen molar-refractivity contribution in [1.82, 2.24) is 9.88 Å². The third-order valence-corrected chi connectivity index (χ3v) is 5.90. The minimum Gasteiger partial charge on any atom is -0.476 e. The van der Waals surface area contributed by atoms with Gasteiger partial charge in [0, 0.05) is 18.6 Å². The molecule has 0 saturated heterocycles. The van der Waals surface area contributed by atoms with Crippen LogP contribution in [-0.4, -0.2) is 45.5 Å². The molecule has 0 aliphatic rings. The Kier molecular flexibility index (Phi) is 7.47. The molecule has 0 saturated carbocycles. The summed E-state index contributed by atoms with van der Waals surface area (Å²) in [7, 11) is 0.219. The molecule has 0 radical (unpaired) electrons. The lowest BCUT2D eigenvalue weighted by atomic mass is 9.87. The molecule has 8 heteroatoms. The number of benzene rings is 1. The number of rotatable bonds is 8. The third-order valence-electron chi connectivity index (χ3n) is 4.08. The lowest BCUT2D eigenvalue weighted by molar-refractivity contribution is 0.274. The van der Waals surface area contributed by atoms with Crippen LogP contribution in [0.15, 0.2) is 45.9 Å². The molecular formula is C20H30BrN3O3S. The second kappa shape index (κ2) is 9.24. The number of sulfonamides is 1. The first-order chi connectivity index (χ1) is 13.0. The van der Waals surface area contributed by atoms with Gasteiger partial charge in [-0.1, -0.05) is 32.9 Å². The minimum absolute atomic E-state index is 0. The van der Waals surface area contributed by atoms with E-state index in [0.29, 0.717) is 16.8 Å². The van der Waals surface area contributed by atoms with Crippen LogP contribution in [0, 0.1) is 0 Å². The van der Waals surface area contributed by atoms with Crippen molar-refractivity contribution in [1.29, 1.82) is 0 Å². The van der Waals surface area contributed by atoms with Crippen molar-refractivity contribution in [2.75, 3.05) is 32.0 Å². The zero-order chi connectivity index (χ0) is 20.9. The molecule has 0 aliphatic carbocycles. The van der Waals surface area contributed by atoms with Gasteiger partial charge >= 0.3 is 0 Å². The molecule has 0 spiro atoms. The second-order valence-electron chi connectivity index (χ2n) is 7.89. The number of pyridine rings is 1. The molecule has 28 heavy (non-hydrogen) atoms. The molecule has 0 bridgehead atoms. The monoisotopic (exact) mass is 471 g/mol. The van der Waals surface area contributed by atoms with Crippen LogP contribution in [0.25, 0.3) is 0 Å². The van der Waals surface area contributed by atoms with Crippen LogP contribution < -0.4 is 9.46 Å². The Morgan fingerprint density at radius 1 is 1.21 bits per heavy atom. The summed E-state index contributed by atoms with van der Waals surface area (Å²) >= 11 is 3.33. The van der Waals surface area contributed by atoms with E-state index in [-0.39, 0.29) is 17.6 Å². The second-order valence-corrected chi connectivity index (χ2v) is 10.5. The SMILES string of the molecule is CN(C)CCCOc1ncc(Br)cc1NS(=O)(=O)c1ccc(C(C)(C)C)cc1.[HH]. The van der Waals surface area contributed by atoms with Gasteiger partial charge in [0.15, 0.2) is 0 Å². The van der Waals surface area contributed by atoms with E-state index in [1.165, 1.54) is 0 Å². The fourth-order valence-corrected chi connectivity index (χ4v) is 3.88. The first kappa shape index (κ1) is 22.6. The Hall–Kier alpha value is -1.64. The molecule has 0 atom stereocenters. The maximum atomic E-state index is 12.8. The number of nitrogens with zero attached hydrogens (tertiary/aromatic N) is 2. The average molecular weight is 472 g/mol. The smallest absolute Gasteiger partial charge is 0.262 e. The molecule has 2 aromatic rings. The van der Waals surface area contributed by atoms with Crippen LogP contribution in [-0.2, 0) is 15.4 Å². The predicted octanol–water partition coefficient (Wildman–Crippen LogP) is 4.52. The molecule has 0 amide bonds. The van der Waals surface area contributed by atoms with Gasteiger partial charge in [0.05, 0.1) is 11.5 Å². The zero-order valence-corrected chi connectivity index (χ0v) is 19.4. The van der Waals surface area contributed by atoms with E-state index >= 15 is 0 Å². The van der Waals surface area contributed by atoms with E-state index in [1.807, 2.05) is 26.2 Å². The van der Waals surface area contributed by atoms with E-state index in [1.54, 1.807) is 24.4 Å². The van der Waals surface area contributed by atoms with Crippen molar-refractivity contribution in [3.8, 4) is 5.88 Å². The van der Waals surface area contributed by atoms with E-state index in [0.717, 1.165) is 18.5 Å². The summed E-state index contributed by atoms with van der Waals surface area (Å²) in [6, 6.07) is 8.56. The van der Waals surface area contributed by atoms with Gasteiger partial charge in [-0.2, -0.15) is 0 Å². The summed E-state index contributed by atoms with van der Waals surface area (Å²) in [5.41, 5.74) is 1.33. The molecule has 1 aromatic carbocycles. The molecule has 1 aromatic heterocycles. The van der Waals surface area contributed by atoms with Crippen molar-refractivity contribution in [2.45, 2.75) is 37.5 Å². The molecule has 156 valence electrons. The number of nitrogens with one attached hydrogen (secondary N) is 1. The summed E-state index contributed by atoms with van der Waals surface area (Å²) in [5, 5.41) is 0. The number of halogens is 1. The van der Waals surface area contributed by atoms with Gasteiger partial charge in [0.1, 0.15) is 5.69 Å². The fraction of sp³-hybridized carbons (Fsp3) is 0.450. The summed E-state index contributed by atoms with van der Waals surface area (Å²) in [6.07, 6.45) is 2.39. The van der Waals surface area contributed by atoms with Crippen LogP contribution in [0.3, 0.4) is 0 Å². The van der Waals surface area contributed by atoms with Crippen LogP contribution in [0.5, 0.6) is 5.88 Å². The number of ether oxygens (including phenoxy) is 1. The van der Waals surface area contributed by atoms with E-state index in [2.05, 4.69) is 51.3 Å². The number of anilines is 1. The quantitative estimate of drug-likeness (QED) is 0.572. The molecule has 2 rings (SSSR count). The molecular weight excluding hydrogens is 442 g/mol. The van der Waals surface area contributed by atoms with Gasteiger partial charge < -0.3 is 9.64 Å². The van der Waals surface area contributed by atoms with Gasteiger partial charge in [-0.05, 0) is 65.6 Å². The standard InChI is InChI=1S/C20H28BrN3O3S.H2/c1-20(2,3)15-7-9-17(10-8-15)28(25,26)23-18-13-16(21)14-22-19(18)27-12-6-11-24(4)5;/h7-10,13-14,23H,6,11-12H2,1-5H3;1H. The molecule has 0 aliphatic heterocycles. The van der Waals surface area contributed by atoms with Crippen molar-refractivity contribution >= 4 is 31.6 Å². The third kappa shape index (κ3) is 6.46. The number of hydrogen-bond donors (Lipinski definition) is 1. The molecule has 0 fully saturated rings. The predicted molar refractivity (Wildman–Crippen MR) is 119 cm³/mol. The minimum atomic E-state index is -3.76. The molecule has 0 unspecified atom stereocenters. The zero-order valence-electron chi connectivity index (χ0n) is 17.0. The molecule has 1 N–H and O–H groups in total. The summed E-state index contributed by atoms with van der Waals surface area (Å²) in [6.45, 7) is 7.57. The highest BCUT2D eigenvalue weighted by atomic mass is 79.9. The number of hydrogen-bond acceptors (Lipinski definition) is 5. The highest BCUT2D eigenvalue weighted by Gasteiger charge is 2.20. The number of aromatic nitrogens is 1. The fourth-order valence-electron chi connectivity index (χ4n) is 2.50. The van der Waals surface area contributed by atoms with E-state index in [4.69, 9.17) is 4.74 Å². The maximum absolute atomic E-state index is 12.8. The largest absolute Gasteiger partial charge is 0.476 e. The van der Waals surface area contributed by atoms with Gasteiger partial charge in [-0.3, -0.25) is 4.72 Å². The van der Waals surface area contributed by atoms with Crippen molar-refractivity contribution < 1.29 is 14.6 Å². The first-order valence-electron chi connectivity index (χ1n) is 9.05. The highest BCUT2D eigenvalue weighted by Crippen LogP contribution is 2.29. The topological polar surface area (TPSA) is 71.5 Å². The van der Waals surface area contributed by atoms with E-state index in [9.17, 15) is 8.42 Å².